The van der Waals surface area contributed by atoms with E-state index in [9.17, 15) is 4.79 Å². The van der Waals surface area contributed by atoms with Crippen LogP contribution in [0.15, 0.2) is 0 Å². The molecule has 1 saturated carbocycles. The van der Waals surface area contributed by atoms with Gasteiger partial charge in [0.2, 0.25) is 0 Å². The quantitative estimate of drug-likeness (QED) is 0.786. The van der Waals surface area contributed by atoms with Crippen molar-refractivity contribution in [1.82, 2.24) is 9.78 Å². The lowest BCUT2D eigenvalue weighted by Crippen LogP contribution is -2.19. The van der Waals surface area contributed by atoms with Gasteiger partial charge >= 0.3 is 6.09 Å². The zero-order valence-corrected chi connectivity index (χ0v) is 10.5. The molecule has 0 aromatic carbocycles. The third-order valence-electron chi connectivity index (χ3n) is 3.37. The highest BCUT2D eigenvalue weighted by molar-refractivity contribution is 5.73. The smallest absolute Gasteiger partial charge is 0.434 e. The summed E-state index contributed by atoms with van der Waals surface area (Å²) >= 11 is 0. The molecule has 1 aliphatic carbocycles. The molecule has 0 bridgehead atoms. The summed E-state index contributed by atoms with van der Waals surface area (Å²) in [5.74, 6) is 0.652. The molecule has 1 aromatic rings. The molecule has 0 saturated heterocycles. The molecule has 17 heavy (non-hydrogen) atoms. The lowest BCUT2D eigenvalue weighted by molar-refractivity contribution is 0.193. The van der Waals surface area contributed by atoms with E-state index in [-0.39, 0.29) is 11.2 Å². The Morgan fingerprint density at radius 3 is 2.41 bits per heavy atom. The molecule has 1 heterocycles. The molecule has 1 aromatic heterocycles. The molecule has 0 spiro atoms. The van der Waals surface area contributed by atoms with Gasteiger partial charge in [0.05, 0.1) is 5.69 Å². The predicted molar refractivity (Wildman–Crippen MR) is 65.4 cm³/mol. The van der Waals surface area contributed by atoms with Gasteiger partial charge in [-0.2, -0.15) is 5.10 Å². The molecule has 0 unspecified atom stereocenters. The number of nitrogen functional groups attached to an aromatic ring is 1. The minimum absolute atomic E-state index is 0.178. The molecule has 94 valence electrons. The maximum Gasteiger partial charge on any atom is 0.434 e. The summed E-state index contributed by atoms with van der Waals surface area (Å²) in [6.07, 6.45) is 2.24. The fourth-order valence-electron chi connectivity index (χ4n) is 2.33. The SMILES string of the molecule is CC(C)(C)c1c(C2CCC2)nn(C(=O)O)c1N. The Morgan fingerprint density at radius 1 is 1.47 bits per heavy atom. The van der Waals surface area contributed by atoms with E-state index in [1.165, 1.54) is 6.42 Å². The summed E-state index contributed by atoms with van der Waals surface area (Å²) in [6.45, 7) is 6.11. The van der Waals surface area contributed by atoms with Gasteiger partial charge in [-0.25, -0.2) is 4.79 Å². The summed E-state index contributed by atoms with van der Waals surface area (Å²) in [7, 11) is 0. The maximum atomic E-state index is 11.1. The van der Waals surface area contributed by atoms with Crippen LogP contribution in [0.3, 0.4) is 0 Å². The van der Waals surface area contributed by atoms with Gasteiger partial charge in [0, 0.05) is 11.5 Å². The minimum Gasteiger partial charge on any atom is -0.463 e. The highest BCUT2D eigenvalue weighted by atomic mass is 16.4. The van der Waals surface area contributed by atoms with E-state index in [1.54, 1.807) is 0 Å². The van der Waals surface area contributed by atoms with Crippen molar-refractivity contribution in [1.29, 1.82) is 0 Å². The topological polar surface area (TPSA) is 81.1 Å². The van der Waals surface area contributed by atoms with Gasteiger partial charge in [0.15, 0.2) is 0 Å². The first-order chi connectivity index (χ1) is 7.82. The second-order valence-electron chi connectivity index (χ2n) is 5.72. The lowest BCUT2D eigenvalue weighted by Gasteiger charge is -2.28. The van der Waals surface area contributed by atoms with Crippen LogP contribution in [0, 0.1) is 0 Å². The first-order valence-electron chi connectivity index (χ1n) is 5.94. The van der Waals surface area contributed by atoms with Crippen LogP contribution in [-0.4, -0.2) is 21.0 Å². The van der Waals surface area contributed by atoms with Crippen LogP contribution in [-0.2, 0) is 5.41 Å². The largest absolute Gasteiger partial charge is 0.463 e. The second-order valence-corrected chi connectivity index (χ2v) is 5.72. The van der Waals surface area contributed by atoms with Crippen LogP contribution in [0.2, 0.25) is 0 Å². The number of aromatic nitrogens is 2. The number of rotatable bonds is 1. The zero-order chi connectivity index (χ0) is 12.8. The van der Waals surface area contributed by atoms with Crippen LogP contribution in [0.1, 0.15) is 57.2 Å². The summed E-state index contributed by atoms with van der Waals surface area (Å²) in [6, 6.07) is 0. The molecule has 0 radical (unpaired) electrons. The molecular weight excluding hydrogens is 218 g/mol. The Balaban J connectivity index is 2.56. The van der Waals surface area contributed by atoms with Gasteiger partial charge in [-0.15, -0.1) is 4.68 Å². The number of carboxylic acid groups (broad SMARTS) is 1. The Hall–Kier alpha value is -1.52. The van der Waals surface area contributed by atoms with E-state index >= 15 is 0 Å². The number of anilines is 1. The van der Waals surface area contributed by atoms with E-state index in [4.69, 9.17) is 10.8 Å². The van der Waals surface area contributed by atoms with Crippen molar-refractivity contribution < 1.29 is 9.90 Å². The molecule has 5 nitrogen and oxygen atoms in total. The van der Waals surface area contributed by atoms with Crippen molar-refractivity contribution in [2.75, 3.05) is 5.73 Å². The fraction of sp³-hybridized carbons (Fsp3) is 0.667. The summed E-state index contributed by atoms with van der Waals surface area (Å²) < 4.78 is 0.911. The van der Waals surface area contributed by atoms with Crippen LogP contribution in [0.4, 0.5) is 10.6 Å². The average molecular weight is 237 g/mol. The standard InChI is InChI=1S/C12H19N3O2/c1-12(2,3)8-9(7-5-4-6-7)14-15(10(8)13)11(16)17/h7H,4-6,13H2,1-3H3,(H,16,17). The van der Waals surface area contributed by atoms with Crippen molar-refractivity contribution in [2.24, 2.45) is 0 Å². The van der Waals surface area contributed by atoms with Crippen molar-refractivity contribution in [3.8, 4) is 0 Å². The zero-order valence-electron chi connectivity index (χ0n) is 10.5. The van der Waals surface area contributed by atoms with E-state index in [2.05, 4.69) is 5.10 Å². The highest BCUT2D eigenvalue weighted by Crippen LogP contribution is 2.42. The van der Waals surface area contributed by atoms with E-state index in [1.807, 2.05) is 20.8 Å². The minimum atomic E-state index is -1.11. The molecule has 1 fully saturated rings. The third kappa shape index (κ3) is 1.90. The van der Waals surface area contributed by atoms with Crippen LogP contribution < -0.4 is 5.73 Å². The summed E-state index contributed by atoms with van der Waals surface area (Å²) in [5.41, 5.74) is 7.52. The number of nitrogens with two attached hydrogens (primary N) is 1. The molecular formula is C12H19N3O2. The van der Waals surface area contributed by atoms with E-state index < -0.39 is 6.09 Å². The Morgan fingerprint density at radius 2 is 2.06 bits per heavy atom. The van der Waals surface area contributed by atoms with Crippen LogP contribution in [0.25, 0.3) is 0 Å². The molecule has 3 N–H and O–H groups in total. The van der Waals surface area contributed by atoms with Gasteiger partial charge in [-0.1, -0.05) is 27.2 Å². The monoisotopic (exact) mass is 237 g/mol. The molecule has 0 amide bonds. The number of hydrogen-bond acceptors (Lipinski definition) is 3. The fourth-order valence-corrected chi connectivity index (χ4v) is 2.33. The Kier molecular flexibility index (Phi) is 2.64. The van der Waals surface area contributed by atoms with Crippen molar-refractivity contribution in [3.63, 3.8) is 0 Å². The highest BCUT2D eigenvalue weighted by Gasteiger charge is 2.34. The van der Waals surface area contributed by atoms with E-state index in [0.717, 1.165) is 28.8 Å². The Bertz CT molecular complexity index is 453. The molecule has 0 aliphatic heterocycles. The van der Waals surface area contributed by atoms with Gasteiger partial charge in [0.1, 0.15) is 5.82 Å². The first kappa shape index (κ1) is 12.0. The predicted octanol–water partition coefficient (Wildman–Crippen LogP) is 2.56. The van der Waals surface area contributed by atoms with Crippen molar-refractivity contribution in [3.05, 3.63) is 11.3 Å². The normalized spacial score (nSPS) is 16.9. The molecule has 1 aliphatic rings. The van der Waals surface area contributed by atoms with Crippen LogP contribution in [0.5, 0.6) is 0 Å². The Labute approximate surface area is 101 Å². The van der Waals surface area contributed by atoms with Crippen molar-refractivity contribution in [2.45, 2.75) is 51.4 Å². The van der Waals surface area contributed by atoms with Crippen molar-refractivity contribution >= 4 is 11.9 Å². The number of nitrogens with zero attached hydrogens (tertiary/aromatic N) is 2. The van der Waals surface area contributed by atoms with Gasteiger partial charge in [0.25, 0.3) is 0 Å². The maximum absolute atomic E-state index is 11.1. The average Bonchev–Trinajstić information content (AvgIpc) is 2.38. The second kappa shape index (κ2) is 3.75. The number of carbonyl (C=O) groups is 1. The summed E-state index contributed by atoms with van der Waals surface area (Å²) in [4.78, 5) is 11.1. The van der Waals surface area contributed by atoms with E-state index in [0.29, 0.717) is 5.92 Å². The van der Waals surface area contributed by atoms with Crippen LogP contribution >= 0.6 is 0 Å². The summed E-state index contributed by atoms with van der Waals surface area (Å²) in [5, 5.41) is 13.3. The molecule has 0 atom stereocenters. The molecule has 2 rings (SSSR count). The van der Waals surface area contributed by atoms with Gasteiger partial charge in [-0.05, 0) is 18.3 Å². The number of hydrogen-bond donors (Lipinski definition) is 2. The van der Waals surface area contributed by atoms with Gasteiger partial charge in [-0.3, -0.25) is 0 Å². The first-order valence-corrected chi connectivity index (χ1v) is 5.94. The lowest BCUT2D eigenvalue weighted by atomic mass is 9.76. The van der Waals surface area contributed by atoms with Gasteiger partial charge < -0.3 is 10.8 Å². The third-order valence-corrected chi connectivity index (χ3v) is 3.37. The molecule has 5 heteroatoms.